The van der Waals surface area contributed by atoms with E-state index in [1.807, 2.05) is 38.1 Å². The average molecular weight is 364 g/mol. The molecule has 0 radical (unpaired) electrons. The van der Waals surface area contributed by atoms with Gasteiger partial charge in [0.25, 0.3) is 0 Å². The number of hydrogen-bond donors (Lipinski definition) is 1. The second-order valence-corrected chi connectivity index (χ2v) is 7.06. The van der Waals surface area contributed by atoms with Gasteiger partial charge in [0.1, 0.15) is 5.41 Å². The molecule has 2 aromatic rings. The number of carbonyl (C=O) groups excluding carboxylic acids is 3. The van der Waals surface area contributed by atoms with Crippen molar-refractivity contribution in [2.45, 2.75) is 33.6 Å². The summed E-state index contributed by atoms with van der Waals surface area (Å²) in [4.78, 5) is 39.3. The largest absolute Gasteiger partial charge is 0.325 e. The van der Waals surface area contributed by atoms with Crippen LogP contribution in [-0.4, -0.2) is 24.1 Å². The number of nitrogens with zero attached hydrogens (tertiary/aromatic N) is 1. The Balaban J connectivity index is 1.81. The van der Waals surface area contributed by atoms with Crippen molar-refractivity contribution in [3.63, 3.8) is 0 Å². The zero-order valence-corrected chi connectivity index (χ0v) is 15.9. The number of hydrogen-bond acceptors (Lipinski definition) is 3. The second kappa shape index (κ2) is 7.35. The lowest BCUT2D eigenvalue weighted by Crippen LogP contribution is -2.43. The van der Waals surface area contributed by atoms with Crippen LogP contribution in [0, 0.1) is 12.3 Å². The Morgan fingerprint density at radius 3 is 2.37 bits per heavy atom. The summed E-state index contributed by atoms with van der Waals surface area (Å²) in [7, 11) is 0. The molecule has 1 saturated carbocycles. The highest BCUT2D eigenvalue weighted by Gasteiger charge is 2.58. The third-order valence-corrected chi connectivity index (χ3v) is 5.00. The van der Waals surface area contributed by atoms with E-state index in [0.29, 0.717) is 30.6 Å². The number of rotatable bonds is 6. The maximum absolute atomic E-state index is 13.2. The van der Waals surface area contributed by atoms with E-state index in [-0.39, 0.29) is 17.6 Å². The molecule has 1 fully saturated rings. The van der Waals surface area contributed by atoms with Crippen LogP contribution < -0.4 is 10.2 Å². The summed E-state index contributed by atoms with van der Waals surface area (Å²) in [5, 5.41) is 2.82. The van der Waals surface area contributed by atoms with Crippen molar-refractivity contribution in [2.75, 3.05) is 16.8 Å². The Hall–Kier alpha value is -2.95. The van der Waals surface area contributed by atoms with Gasteiger partial charge >= 0.3 is 0 Å². The fraction of sp³-hybridized carbons (Fsp3) is 0.318. The molecule has 140 valence electrons. The van der Waals surface area contributed by atoms with Crippen LogP contribution in [0.25, 0.3) is 0 Å². The predicted octanol–water partition coefficient (Wildman–Crippen LogP) is 3.97. The fourth-order valence-corrected chi connectivity index (χ4v) is 3.23. The molecule has 3 rings (SSSR count). The van der Waals surface area contributed by atoms with Crippen LogP contribution in [0.5, 0.6) is 0 Å². The van der Waals surface area contributed by atoms with Crippen molar-refractivity contribution in [1.29, 1.82) is 0 Å². The van der Waals surface area contributed by atoms with Gasteiger partial charge < -0.3 is 10.2 Å². The zero-order chi connectivity index (χ0) is 19.6. The molecule has 2 amide bonds. The molecule has 0 saturated heterocycles. The first-order valence-electron chi connectivity index (χ1n) is 9.18. The van der Waals surface area contributed by atoms with Gasteiger partial charge in [-0.2, -0.15) is 0 Å². The molecule has 0 heterocycles. The van der Waals surface area contributed by atoms with Gasteiger partial charge in [0, 0.05) is 23.5 Å². The average Bonchev–Trinajstić information content (AvgIpc) is 3.44. The van der Waals surface area contributed by atoms with E-state index in [1.54, 1.807) is 29.2 Å². The van der Waals surface area contributed by atoms with Crippen LogP contribution in [0.4, 0.5) is 11.4 Å². The van der Waals surface area contributed by atoms with Crippen molar-refractivity contribution in [3.8, 4) is 0 Å². The minimum absolute atomic E-state index is 0.0695. The summed E-state index contributed by atoms with van der Waals surface area (Å²) >= 11 is 0. The van der Waals surface area contributed by atoms with Gasteiger partial charge in [-0.3, -0.25) is 14.4 Å². The third-order valence-electron chi connectivity index (χ3n) is 5.00. The molecule has 0 spiro atoms. The standard InChI is InChI=1S/C22H24N2O3/c1-4-24(19-10-5-7-15(2)13-19)21(27)22(11-12-22)20(26)23-18-9-6-8-17(14-18)16(3)25/h5-10,13-14H,4,11-12H2,1-3H3,(H,23,26). The van der Waals surface area contributed by atoms with Crippen molar-refractivity contribution in [2.24, 2.45) is 5.41 Å². The van der Waals surface area contributed by atoms with Gasteiger partial charge in [-0.25, -0.2) is 0 Å². The van der Waals surface area contributed by atoms with Gasteiger partial charge in [-0.1, -0.05) is 24.3 Å². The van der Waals surface area contributed by atoms with Gasteiger partial charge in [0.2, 0.25) is 11.8 Å². The van der Waals surface area contributed by atoms with Crippen LogP contribution in [0.1, 0.15) is 42.6 Å². The molecular formula is C22H24N2O3. The number of nitrogens with one attached hydrogen (secondary N) is 1. The van der Waals surface area contributed by atoms with E-state index < -0.39 is 5.41 Å². The molecule has 1 N–H and O–H groups in total. The van der Waals surface area contributed by atoms with Gasteiger partial charge in [0.15, 0.2) is 5.78 Å². The Kier molecular flexibility index (Phi) is 5.13. The number of ketones is 1. The number of anilines is 2. The first kappa shape index (κ1) is 18.8. The third kappa shape index (κ3) is 3.77. The fourth-order valence-electron chi connectivity index (χ4n) is 3.23. The normalized spacial score (nSPS) is 14.3. The molecule has 1 aliphatic carbocycles. The molecule has 0 unspecified atom stereocenters. The summed E-state index contributed by atoms with van der Waals surface area (Å²) in [6.07, 6.45) is 1.07. The summed E-state index contributed by atoms with van der Waals surface area (Å²) < 4.78 is 0. The summed E-state index contributed by atoms with van der Waals surface area (Å²) in [6, 6.07) is 14.5. The van der Waals surface area contributed by atoms with Crippen molar-refractivity contribution in [3.05, 3.63) is 59.7 Å². The van der Waals surface area contributed by atoms with Gasteiger partial charge in [0.05, 0.1) is 0 Å². The molecule has 5 heteroatoms. The van der Waals surface area contributed by atoms with Gasteiger partial charge in [-0.15, -0.1) is 0 Å². The highest BCUT2D eigenvalue weighted by atomic mass is 16.2. The Bertz CT molecular complexity index is 900. The Morgan fingerprint density at radius 1 is 1.07 bits per heavy atom. The van der Waals surface area contributed by atoms with Gasteiger partial charge in [-0.05, 0) is 63.4 Å². The zero-order valence-electron chi connectivity index (χ0n) is 15.9. The minimum atomic E-state index is -1.02. The van der Waals surface area contributed by atoms with E-state index in [1.165, 1.54) is 6.92 Å². The molecule has 0 atom stereocenters. The Labute approximate surface area is 159 Å². The van der Waals surface area contributed by atoms with Crippen LogP contribution >= 0.6 is 0 Å². The van der Waals surface area contributed by atoms with E-state index in [2.05, 4.69) is 5.32 Å². The lowest BCUT2D eigenvalue weighted by Gasteiger charge is -2.26. The quantitative estimate of drug-likeness (QED) is 0.623. The van der Waals surface area contributed by atoms with E-state index in [4.69, 9.17) is 0 Å². The number of carbonyl (C=O) groups is 3. The molecular weight excluding hydrogens is 340 g/mol. The summed E-state index contributed by atoms with van der Waals surface area (Å²) in [5.74, 6) is -0.546. The predicted molar refractivity (Wildman–Crippen MR) is 106 cm³/mol. The van der Waals surface area contributed by atoms with Crippen molar-refractivity contribution in [1.82, 2.24) is 0 Å². The van der Waals surface area contributed by atoms with E-state index in [0.717, 1.165) is 11.3 Å². The molecule has 0 aromatic heterocycles. The van der Waals surface area contributed by atoms with Crippen molar-refractivity contribution >= 4 is 29.0 Å². The van der Waals surface area contributed by atoms with E-state index in [9.17, 15) is 14.4 Å². The second-order valence-electron chi connectivity index (χ2n) is 7.06. The monoisotopic (exact) mass is 364 g/mol. The summed E-state index contributed by atoms with van der Waals surface area (Å²) in [5.41, 5.74) is 1.91. The minimum Gasteiger partial charge on any atom is -0.325 e. The van der Waals surface area contributed by atoms with Crippen LogP contribution in [0.15, 0.2) is 48.5 Å². The lowest BCUT2D eigenvalue weighted by atomic mass is 10.0. The maximum Gasteiger partial charge on any atom is 0.242 e. The van der Waals surface area contributed by atoms with E-state index >= 15 is 0 Å². The molecule has 0 bridgehead atoms. The summed E-state index contributed by atoms with van der Waals surface area (Å²) in [6.45, 7) is 5.86. The number of Topliss-reactive ketones (excluding diaryl/α,β-unsaturated/α-hetero) is 1. The topological polar surface area (TPSA) is 66.5 Å². The highest BCUT2D eigenvalue weighted by molar-refractivity contribution is 6.17. The van der Waals surface area contributed by atoms with Crippen molar-refractivity contribution < 1.29 is 14.4 Å². The first-order valence-corrected chi connectivity index (χ1v) is 9.18. The molecule has 0 aliphatic heterocycles. The molecule has 2 aromatic carbocycles. The van der Waals surface area contributed by atoms with Crippen LogP contribution in [-0.2, 0) is 9.59 Å². The smallest absolute Gasteiger partial charge is 0.242 e. The van der Waals surface area contributed by atoms with Crippen LogP contribution in [0.3, 0.4) is 0 Å². The molecule has 27 heavy (non-hydrogen) atoms. The maximum atomic E-state index is 13.2. The number of aryl methyl sites for hydroxylation is 1. The van der Waals surface area contributed by atoms with Crippen LogP contribution in [0.2, 0.25) is 0 Å². The molecule has 1 aliphatic rings. The lowest BCUT2D eigenvalue weighted by molar-refractivity contribution is -0.132. The number of amides is 2. The molecule has 5 nitrogen and oxygen atoms in total. The number of benzene rings is 2. The SMILES string of the molecule is CCN(C(=O)C1(C(=O)Nc2cccc(C(C)=O)c2)CC1)c1cccc(C)c1. The first-order chi connectivity index (χ1) is 12.9. The highest BCUT2D eigenvalue weighted by Crippen LogP contribution is 2.48. The Morgan fingerprint density at radius 2 is 1.78 bits per heavy atom.